The number of rotatable bonds is 5. The molecule has 1 unspecified atom stereocenters. The molecule has 19 heavy (non-hydrogen) atoms. The quantitative estimate of drug-likeness (QED) is 0.637. The second-order valence-corrected chi connectivity index (χ2v) is 4.24. The molecule has 6 heteroatoms. The predicted molar refractivity (Wildman–Crippen MR) is 73.2 cm³/mol. The van der Waals surface area contributed by atoms with Crippen LogP contribution in [0.2, 0.25) is 0 Å². The van der Waals surface area contributed by atoms with E-state index in [0.717, 1.165) is 17.5 Å². The Labute approximate surface area is 110 Å². The molecule has 2 aromatic rings. The van der Waals surface area contributed by atoms with Crippen molar-refractivity contribution in [3.63, 3.8) is 0 Å². The van der Waals surface area contributed by atoms with Gasteiger partial charge in [-0.2, -0.15) is 0 Å². The number of non-ortho nitro benzene ring substituents is 1. The van der Waals surface area contributed by atoms with Gasteiger partial charge in [0.2, 0.25) is 0 Å². The Morgan fingerprint density at radius 1 is 1.42 bits per heavy atom. The molecule has 2 N–H and O–H groups in total. The summed E-state index contributed by atoms with van der Waals surface area (Å²) in [6.07, 6.45) is 3.84. The molecule has 1 atom stereocenters. The Balaban J connectivity index is 2.52. The first-order valence-corrected chi connectivity index (χ1v) is 6.06. The number of anilines is 1. The zero-order valence-electron chi connectivity index (χ0n) is 10.5. The summed E-state index contributed by atoms with van der Waals surface area (Å²) >= 11 is 0. The van der Waals surface area contributed by atoms with Crippen LogP contribution in [0.25, 0.3) is 10.8 Å². The molecule has 0 fully saturated rings. The van der Waals surface area contributed by atoms with Crippen LogP contribution in [0.15, 0.2) is 30.6 Å². The van der Waals surface area contributed by atoms with Gasteiger partial charge in [0.1, 0.15) is 0 Å². The lowest BCUT2D eigenvalue weighted by atomic mass is 10.1. The lowest BCUT2D eigenvalue weighted by molar-refractivity contribution is -0.383. The minimum atomic E-state index is -0.420. The van der Waals surface area contributed by atoms with Crippen molar-refractivity contribution in [3.05, 3.63) is 40.7 Å². The van der Waals surface area contributed by atoms with Crippen LogP contribution in [0, 0.1) is 10.1 Å². The molecule has 2 rings (SSSR count). The van der Waals surface area contributed by atoms with E-state index in [1.165, 1.54) is 12.3 Å². The maximum atomic E-state index is 11.0. The van der Waals surface area contributed by atoms with Crippen LogP contribution in [0.3, 0.4) is 0 Å². The summed E-state index contributed by atoms with van der Waals surface area (Å²) in [6.45, 7) is 1.98. The number of nitrogens with zero attached hydrogens (tertiary/aromatic N) is 2. The van der Waals surface area contributed by atoms with E-state index in [1.54, 1.807) is 18.3 Å². The van der Waals surface area contributed by atoms with Crippen LogP contribution in [-0.2, 0) is 0 Å². The van der Waals surface area contributed by atoms with Gasteiger partial charge in [-0.25, -0.2) is 0 Å². The molecular formula is C13H15N3O3. The first kappa shape index (κ1) is 13.2. The molecular weight excluding hydrogens is 246 g/mol. The maximum absolute atomic E-state index is 11.0. The topological polar surface area (TPSA) is 88.3 Å². The Morgan fingerprint density at radius 3 is 2.84 bits per heavy atom. The van der Waals surface area contributed by atoms with Crippen molar-refractivity contribution < 1.29 is 10.0 Å². The highest BCUT2D eigenvalue weighted by Gasteiger charge is 2.15. The third-order valence-corrected chi connectivity index (χ3v) is 3.06. The fourth-order valence-electron chi connectivity index (χ4n) is 1.96. The molecule has 1 aromatic carbocycles. The monoisotopic (exact) mass is 261 g/mol. The summed E-state index contributed by atoms with van der Waals surface area (Å²) in [4.78, 5) is 14.5. The van der Waals surface area contributed by atoms with Crippen LogP contribution < -0.4 is 5.32 Å². The van der Waals surface area contributed by atoms with Crippen molar-refractivity contribution in [1.29, 1.82) is 0 Å². The highest BCUT2D eigenvalue weighted by atomic mass is 16.6. The van der Waals surface area contributed by atoms with Gasteiger partial charge in [0.25, 0.3) is 5.69 Å². The second-order valence-electron chi connectivity index (χ2n) is 4.24. The van der Waals surface area contributed by atoms with E-state index >= 15 is 0 Å². The SMILES string of the molecule is CCC(CO)Nc1ccc([N+](=O)[O-])c2cnccc12. The highest BCUT2D eigenvalue weighted by molar-refractivity contribution is 5.99. The second kappa shape index (κ2) is 5.62. The summed E-state index contributed by atoms with van der Waals surface area (Å²) in [5.41, 5.74) is 0.801. The molecule has 100 valence electrons. The molecule has 0 aliphatic heterocycles. The molecule has 0 aliphatic carbocycles. The van der Waals surface area contributed by atoms with E-state index in [9.17, 15) is 15.2 Å². The van der Waals surface area contributed by atoms with E-state index in [1.807, 2.05) is 6.92 Å². The van der Waals surface area contributed by atoms with E-state index in [0.29, 0.717) is 5.39 Å². The lowest BCUT2D eigenvalue weighted by Crippen LogP contribution is -2.22. The third-order valence-electron chi connectivity index (χ3n) is 3.06. The summed E-state index contributed by atoms with van der Waals surface area (Å²) in [7, 11) is 0. The van der Waals surface area contributed by atoms with E-state index in [-0.39, 0.29) is 18.3 Å². The van der Waals surface area contributed by atoms with Crippen molar-refractivity contribution in [2.45, 2.75) is 19.4 Å². The number of hydrogen-bond donors (Lipinski definition) is 2. The van der Waals surface area contributed by atoms with Gasteiger partial charge in [-0.05, 0) is 18.6 Å². The summed E-state index contributed by atoms with van der Waals surface area (Å²) in [5, 5.41) is 24.6. The Hall–Kier alpha value is -2.21. The third kappa shape index (κ3) is 2.63. The molecule has 0 aliphatic rings. The molecule has 0 saturated carbocycles. The molecule has 0 radical (unpaired) electrons. The summed E-state index contributed by atoms with van der Waals surface area (Å²) in [6, 6.07) is 4.78. The van der Waals surface area contributed by atoms with Gasteiger partial charge in [-0.15, -0.1) is 0 Å². The summed E-state index contributed by atoms with van der Waals surface area (Å²) < 4.78 is 0. The smallest absolute Gasteiger partial charge is 0.278 e. The molecule has 0 amide bonds. The molecule has 0 spiro atoms. The molecule has 1 heterocycles. The Bertz CT molecular complexity index is 597. The van der Waals surface area contributed by atoms with Gasteiger partial charge in [-0.1, -0.05) is 6.92 Å². The molecule has 0 saturated heterocycles. The van der Waals surface area contributed by atoms with Gasteiger partial charge < -0.3 is 10.4 Å². The number of nitrogens with one attached hydrogen (secondary N) is 1. The first-order chi connectivity index (χ1) is 9.17. The van der Waals surface area contributed by atoms with Gasteiger partial charge in [0.05, 0.1) is 16.9 Å². The standard InChI is InChI=1S/C13H15N3O3/c1-2-9(8-17)15-12-3-4-13(16(18)19)11-7-14-6-5-10(11)12/h3-7,9,15,17H,2,8H2,1H3. The number of nitro benzene ring substituents is 1. The van der Waals surface area contributed by atoms with Crippen LogP contribution in [-0.4, -0.2) is 27.7 Å². The fourth-order valence-corrected chi connectivity index (χ4v) is 1.96. The number of aromatic nitrogens is 1. The van der Waals surface area contributed by atoms with E-state index in [4.69, 9.17) is 0 Å². The minimum absolute atomic E-state index is 0.0140. The average molecular weight is 261 g/mol. The van der Waals surface area contributed by atoms with Gasteiger partial charge >= 0.3 is 0 Å². The number of benzene rings is 1. The van der Waals surface area contributed by atoms with E-state index < -0.39 is 4.92 Å². The van der Waals surface area contributed by atoms with Gasteiger partial charge in [-0.3, -0.25) is 15.1 Å². The zero-order valence-corrected chi connectivity index (χ0v) is 10.5. The first-order valence-electron chi connectivity index (χ1n) is 6.06. The number of pyridine rings is 1. The maximum Gasteiger partial charge on any atom is 0.278 e. The minimum Gasteiger partial charge on any atom is -0.394 e. The van der Waals surface area contributed by atoms with Gasteiger partial charge in [0.15, 0.2) is 0 Å². The molecule has 0 bridgehead atoms. The van der Waals surface area contributed by atoms with Crippen molar-refractivity contribution in [2.75, 3.05) is 11.9 Å². The van der Waals surface area contributed by atoms with E-state index in [2.05, 4.69) is 10.3 Å². The number of aliphatic hydroxyl groups is 1. The number of hydrogen-bond acceptors (Lipinski definition) is 5. The Kier molecular flexibility index (Phi) is 3.91. The summed E-state index contributed by atoms with van der Waals surface area (Å²) in [5.74, 6) is 0. The van der Waals surface area contributed by atoms with Crippen molar-refractivity contribution in [3.8, 4) is 0 Å². The number of aliphatic hydroxyl groups excluding tert-OH is 1. The van der Waals surface area contributed by atoms with Crippen LogP contribution in [0.4, 0.5) is 11.4 Å². The molecule has 6 nitrogen and oxygen atoms in total. The number of nitro groups is 1. The van der Waals surface area contributed by atoms with Crippen LogP contribution >= 0.6 is 0 Å². The van der Waals surface area contributed by atoms with Crippen molar-refractivity contribution in [2.24, 2.45) is 0 Å². The average Bonchev–Trinajstić information content (AvgIpc) is 2.44. The number of fused-ring (bicyclic) bond motifs is 1. The fraction of sp³-hybridized carbons (Fsp3) is 0.308. The van der Waals surface area contributed by atoms with Crippen molar-refractivity contribution >= 4 is 22.1 Å². The highest BCUT2D eigenvalue weighted by Crippen LogP contribution is 2.31. The van der Waals surface area contributed by atoms with Crippen molar-refractivity contribution in [1.82, 2.24) is 4.98 Å². The zero-order chi connectivity index (χ0) is 13.8. The predicted octanol–water partition coefficient (Wildman–Crippen LogP) is 2.33. The van der Waals surface area contributed by atoms with Gasteiger partial charge in [0, 0.05) is 35.6 Å². The largest absolute Gasteiger partial charge is 0.394 e. The lowest BCUT2D eigenvalue weighted by Gasteiger charge is -2.17. The Morgan fingerprint density at radius 2 is 2.21 bits per heavy atom. The molecule has 1 aromatic heterocycles. The van der Waals surface area contributed by atoms with Crippen LogP contribution in [0.1, 0.15) is 13.3 Å². The van der Waals surface area contributed by atoms with Crippen LogP contribution in [0.5, 0.6) is 0 Å². The normalized spacial score (nSPS) is 12.3.